The van der Waals surface area contributed by atoms with E-state index in [1.54, 1.807) is 0 Å². The van der Waals surface area contributed by atoms with Crippen LogP contribution in [0.4, 0.5) is 0 Å². The minimum absolute atomic E-state index is 0. The van der Waals surface area contributed by atoms with Crippen molar-refractivity contribution in [2.45, 2.75) is 33.2 Å². The molecule has 1 saturated heterocycles. The Morgan fingerprint density at radius 1 is 1.43 bits per heavy atom. The van der Waals surface area contributed by atoms with Gasteiger partial charge in [0, 0.05) is 39.4 Å². The molecule has 2 heterocycles. The van der Waals surface area contributed by atoms with Gasteiger partial charge < -0.3 is 15.5 Å². The van der Waals surface area contributed by atoms with Crippen LogP contribution < -0.4 is 10.6 Å². The smallest absolute Gasteiger partial charge is 0.191 e. The van der Waals surface area contributed by atoms with Gasteiger partial charge in [0.25, 0.3) is 0 Å². The Bertz CT molecular complexity index is 473. The number of piperidine rings is 1. The highest BCUT2D eigenvalue weighted by Crippen LogP contribution is 2.14. The lowest BCUT2D eigenvalue weighted by Crippen LogP contribution is -2.43. The van der Waals surface area contributed by atoms with Gasteiger partial charge >= 0.3 is 0 Å². The van der Waals surface area contributed by atoms with Crippen molar-refractivity contribution in [1.29, 1.82) is 0 Å². The van der Waals surface area contributed by atoms with Crippen molar-refractivity contribution in [2.75, 3.05) is 32.7 Å². The Balaban J connectivity index is 0.00000264. The highest BCUT2D eigenvalue weighted by atomic mass is 127. The molecule has 1 aliphatic heterocycles. The van der Waals surface area contributed by atoms with Gasteiger partial charge in [-0.05, 0) is 38.3 Å². The van der Waals surface area contributed by atoms with E-state index in [9.17, 15) is 0 Å². The fourth-order valence-corrected chi connectivity index (χ4v) is 2.88. The normalized spacial score (nSPS) is 19.3. The maximum absolute atomic E-state index is 4.63. The minimum atomic E-state index is 0. The van der Waals surface area contributed by atoms with E-state index in [4.69, 9.17) is 0 Å². The molecule has 1 atom stereocenters. The Hall–Kier alpha value is -0.830. The number of aryl methyl sites for hydroxylation is 1. The molecule has 0 spiro atoms. The SMILES string of the molecule is CCNC(=NCc1ccnn1C)NCCN1CCCC(C)C1.I. The first-order chi connectivity index (χ1) is 10.7. The number of hydrogen-bond donors (Lipinski definition) is 2. The molecule has 0 aromatic carbocycles. The van der Waals surface area contributed by atoms with Crippen LogP contribution in [0.2, 0.25) is 0 Å². The van der Waals surface area contributed by atoms with E-state index in [1.165, 1.54) is 25.9 Å². The van der Waals surface area contributed by atoms with E-state index < -0.39 is 0 Å². The number of nitrogens with one attached hydrogen (secondary N) is 2. The summed E-state index contributed by atoms with van der Waals surface area (Å²) in [5.41, 5.74) is 1.11. The average molecular weight is 434 g/mol. The van der Waals surface area contributed by atoms with Gasteiger partial charge in [0.05, 0.1) is 12.2 Å². The van der Waals surface area contributed by atoms with Crippen molar-refractivity contribution in [2.24, 2.45) is 18.0 Å². The molecule has 1 aromatic heterocycles. The molecule has 0 bridgehead atoms. The van der Waals surface area contributed by atoms with Crippen molar-refractivity contribution in [3.05, 3.63) is 18.0 Å². The number of aliphatic imine (C=N–C) groups is 1. The molecule has 0 saturated carbocycles. The summed E-state index contributed by atoms with van der Waals surface area (Å²) in [6, 6.07) is 2.00. The summed E-state index contributed by atoms with van der Waals surface area (Å²) in [5, 5.41) is 10.9. The quantitative estimate of drug-likeness (QED) is 0.408. The standard InChI is InChI=1S/C16H30N6.HI/c1-4-17-16(19-12-15-7-8-20-21(15)3)18-9-11-22-10-5-6-14(2)13-22;/h7-8,14H,4-6,9-13H2,1-3H3,(H2,17,18,19);1H. The summed E-state index contributed by atoms with van der Waals surface area (Å²) in [7, 11) is 1.95. The summed E-state index contributed by atoms with van der Waals surface area (Å²) in [4.78, 5) is 7.18. The van der Waals surface area contributed by atoms with Crippen LogP contribution in [-0.4, -0.2) is 53.4 Å². The van der Waals surface area contributed by atoms with Crippen LogP contribution in [-0.2, 0) is 13.6 Å². The molecule has 1 aliphatic rings. The van der Waals surface area contributed by atoms with Gasteiger partial charge in [-0.2, -0.15) is 5.10 Å². The van der Waals surface area contributed by atoms with Crippen LogP contribution in [0.3, 0.4) is 0 Å². The first-order valence-corrected chi connectivity index (χ1v) is 8.40. The first kappa shape index (κ1) is 20.2. The van der Waals surface area contributed by atoms with Crippen LogP contribution in [0.5, 0.6) is 0 Å². The van der Waals surface area contributed by atoms with Gasteiger partial charge in [-0.15, -0.1) is 24.0 Å². The summed E-state index contributed by atoms with van der Waals surface area (Å²) >= 11 is 0. The molecule has 23 heavy (non-hydrogen) atoms. The molecule has 0 amide bonds. The molecular formula is C16H31IN6. The number of guanidine groups is 1. The predicted molar refractivity (Wildman–Crippen MR) is 106 cm³/mol. The molecule has 1 unspecified atom stereocenters. The molecule has 2 N–H and O–H groups in total. The van der Waals surface area contributed by atoms with Gasteiger partial charge in [0.1, 0.15) is 0 Å². The zero-order valence-corrected chi connectivity index (χ0v) is 16.9. The Morgan fingerprint density at radius 3 is 2.91 bits per heavy atom. The number of halogens is 1. The molecule has 1 fully saturated rings. The second-order valence-electron chi connectivity index (χ2n) is 6.12. The molecular weight excluding hydrogens is 403 g/mol. The van der Waals surface area contributed by atoms with E-state index in [1.807, 2.05) is 24.0 Å². The minimum Gasteiger partial charge on any atom is -0.357 e. The second kappa shape index (κ2) is 10.9. The monoisotopic (exact) mass is 434 g/mol. The van der Waals surface area contributed by atoms with Crippen LogP contribution in [0.25, 0.3) is 0 Å². The van der Waals surface area contributed by atoms with Crippen molar-refractivity contribution in [3.63, 3.8) is 0 Å². The third-order valence-corrected chi connectivity index (χ3v) is 4.13. The molecule has 132 valence electrons. The van der Waals surface area contributed by atoms with Gasteiger partial charge in [0.15, 0.2) is 5.96 Å². The van der Waals surface area contributed by atoms with E-state index in [2.05, 4.69) is 39.5 Å². The Morgan fingerprint density at radius 2 is 2.26 bits per heavy atom. The Kier molecular flexibility index (Phi) is 9.54. The number of aromatic nitrogens is 2. The van der Waals surface area contributed by atoms with E-state index >= 15 is 0 Å². The lowest BCUT2D eigenvalue weighted by atomic mass is 10.0. The summed E-state index contributed by atoms with van der Waals surface area (Å²) in [6.07, 6.45) is 4.51. The fourth-order valence-electron chi connectivity index (χ4n) is 2.88. The fraction of sp³-hybridized carbons (Fsp3) is 0.750. The highest BCUT2D eigenvalue weighted by molar-refractivity contribution is 14.0. The van der Waals surface area contributed by atoms with Crippen LogP contribution in [0.1, 0.15) is 32.4 Å². The molecule has 6 nitrogen and oxygen atoms in total. The Labute approximate surface area is 157 Å². The predicted octanol–water partition coefficient (Wildman–Crippen LogP) is 1.83. The van der Waals surface area contributed by atoms with Crippen LogP contribution in [0.15, 0.2) is 17.3 Å². The lowest BCUT2D eigenvalue weighted by molar-refractivity contribution is 0.187. The van der Waals surface area contributed by atoms with E-state index in [-0.39, 0.29) is 24.0 Å². The topological polar surface area (TPSA) is 57.5 Å². The van der Waals surface area contributed by atoms with Crippen molar-refractivity contribution in [1.82, 2.24) is 25.3 Å². The molecule has 0 aliphatic carbocycles. The molecule has 2 rings (SSSR count). The average Bonchev–Trinajstić information content (AvgIpc) is 2.90. The maximum atomic E-state index is 4.63. The van der Waals surface area contributed by atoms with Gasteiger partial charge in [-0.1, -0.05) is 6.92 Å². The van der Waals surface area contributed by atoms with Gasteiger partial charge in [0.2, 0.25) is 0 Å². The summed E-state index contributed by atoms with van der Waals surface area (Å²) < 4.78 is 1.86. The molecule has 1 aromatic rings. The number of likely N-dealkylation sites (tertiary alicyclic amines) is 1. The summed E-state index contributed by atoms with van der Waals surface area (Å²) in [5.74, 6) is 1.72. The van der Waals surface area contributed by atoms with E-state index in [0.29, 0.717) is 6.54 Å². The summed E-state index contributed by atoms with van der Waals surface area (Å²) in [6.45, 7) is 10.4. The van der Waals surface area contributed by atoms with Crippen molar-refractivity contribution < 1.29 is 0 Å². The van der Waals surface area contributed by atoms with Gasteiger partial charge in [-0.25, -0.2) is 4.99 Å². The third kappa shape index (κ3) is 7.07. The largest absolute Gasteiger partial charge is 0.357 e. The van der Waals surface area contributed by atoms with Gasteiger partial charge in [-0.3, -0.25) is 4.68 Å². The molecule has 0 radical (unpaired) electrons. The van der Waals surface area contributed by atoms with Crippen molar-refractivity contribution in [3.8, 4) is 0 Å². The maximum Gasteiger partial charge on any atom is 0.191 e. The number of hydrogen-bond acceptors (Lipinski definition) is 3. The number of nitrogens with zero attached hydrogens (tertiary/aromatic N) is 4. The van der Waals surface area contributed by atoms with E-state index in [0.717, 1.165) is 37.2 Å². The zero-order valence-electron chi connectivity index (χ0n) is 14.6. The highest BCUT2D eigenvalue weighted by Gasteiger charge is 2.15. The van der Waals surface area contributed by atoms with Crippen LogP contribution >= 0.6 is 24.0 Å². The zero-order chi connectivity index (χ0) is 15.8. The third-order valence-electron chi connectivity index (χ3n) is 4.13. The van der Waals surface area contributed by atoms with Crippen LogP contribution in [0, 0.1) is 5.92 Å². The van der Waals surface area contributed by atoms with Crippen molar-refractivity contribution >= 4 is 29.9 Å². The second-order valence-corrected chi connectivity index (χ2v) is 6.12. The molecule has 7 heteroatoms. The lowest BCUT2D eigenvalue weighted by Gasteiger charge is -2.30. The first-order valence-electron chi connectivity index (χ1n) is 8.40. The number of rotatable bonds is 6.